The molecule has 0 fully saturated rings. The van der Waals surface area contributed by atoms with Gasteiger partial charge in [0.1, 0.15) is 5.75 Å². The van der Waals surface area contributed by atoms with Crippen molar-refractivity contribution in [1.29, 1.82) is 0 Å². The number of nitrogens with one attached hydrogen (secondary N) is 1. The molecule has 1 aromatic rings. The van der Waals surface area contributed by atoms with Crippen molar-refractivity contribution < 1.29 is 4.74 Å². The lowest BCUT2D eigenvalue weighted by Crippen LogP contribution is -2.33. The van der Waals surface area contributed by atoms with Crippen LogP contribution in [0.3, 0.4) is 0 Å². The van der Waals surface area contributed by atoms with E-state index in [1.807, 2.05) is 6.07 Å². The molecule has 1 aliphatic heterocycles. The Bertz CT molecular complexity index is 389. The molecule has 2 atom stereocenters. The smallest absolute Gasteiger partial charge is 0.124 e. The second kappa shape index (κ2) is 6.95. The van der Waals surface area contributed by atoms with Crippen LogP contribution in [-0.2, 0) is 0 Å². The van der Waals surface area contributed by atoms with E-state index >= 15 is 0 Å². The Morgan fingerprint density at radius 3 is 2.79 bits per heavy atom. The molecule has 19 heavy (non-hydrogen) atoms. The van der Waals surface area contributed by atoms with Gasteiger partial charge in [-0.3, -0.25) is 0 Å². The number of hydrogen-bond acceptors (Lipinski definition) is 2. The summed E-state index contributed by atoms with van der Waals surface area (Å²) in [7, 11) is 0. The Morgan fingerprint density at radius 1 is 1.21 bits per heavy atom. The fourth-order valence-corrected chi connectivity index (χ4v) is 2.77. The van der Waals surface area contributed by atoms with E-state index in [1.54, 1.807) is 0 Å². The molecule has 2 rings (SSSR count). The van der Waals surface area contributed by atoms with Gasteiger partial charge in [0.2, 0.25) is 0 Å². The summed E-state index contributed by atoms with van der Waals surface area (Å²) < 4.78 is 5.71. The van der Waals surface area contributed by atoms with Gasteiger partial charge >= 0.3 is 0 Å². The predicted octanol–water partition coefficient (Wildman–Crippen LogP) is 4.31. The highest BCUT2D eigenvalue weighted by molar-refractivity contribution is 5.37. The van der Waals surface area contributed by atoms with Gasteiger partial charge in [-0.05, 0) is 25.3 Å². The van der Waals surface area contributed by atoms with Gasteiger partial charge in [0.15, 0.2) is 0 Å². The van der Waals surface area contributed by atoms with Gasteiger partial charge in [-0.25, -0.2) is 0 Å². The highest BCUT2D eigenvalue weighted by Gasteiger charge is 2.21. The Hall–Kier alpha value is -1.02. The van der Waals surface area contributed by atoms with Crippen molar-refractivity contribution in [3.63, 3.8) is 0 Å². The minimum Gasteiger partial charge on any atom is -0.493 e. The molecule has 0 spiro atoms. The third-order valence-electron chi connectivity index (χ3n) is 3.86. The maximum absolute atomic E-state index is 5.71. The van der Waals surface area contributed by atoms with Crippen LogP contribution in [0, 0.1) is 5.92 Å². The fraction of sp³-hybridized carbons (Fsp3) is 0.647. The molecular formula is C17H27NO. The van der Waals surface area contributed by atoms with E-state index in [-0.39, 0.29) is 0 Å². The normalized spacial score (nSPS) is 19.9. The van der Waals surface area contributed by atoms with Crippen LogP contribution in [0.15, 0.2) is 24.3 Å². The Morgan fingerprint density at radius 2 is 2.00 bits per heavy atom. The number of benzene rings is 1. The molecule has 0 saturated carbocycles. The average molecular weight is 261 g/mol. The van der Waals surface area contributed by atoms with Crippen molar-refractivity contribution in [3.8, 4) is 5.75 Å². The summed E-state index contributed by atoms with van der Waals surface area (Å²) in [4.78, 5) is 0. The number of hydrogen-bond donors (Lipinski definition) is 1. The van der Waals surface area contributed by atoms with Crippen LogP contribution >= 0.6 is 0 Å². The molecule has 0 radical (unpaired) electrons. The monoisotopic (exact) mass is 261 g/mol. The SMILES string of the molecule is CC(C)CCCC(C)NC1CCOc2ccccc21. The first-order valence-electron chi connectivity index (χ1n) is 7.64. The average Bonchev–Trinajstić information content (AvgIpc) is 2.39. The lowest BCUT2D eigenvalue weighted by Gasteiger charge is -2.29. The van der Waals surface area contributed by atoms with Crippen molar-refractivity contribution in [2.75, 3.05) is 6.61 Å². The van der Waals surface area contributed by atoms with Crippen molar-refractivity contribution >= 4 is 0 Å². The van der Waals surface area contributed by atoms with E-state index in [4.69, 9.17) is 4.74 Å². The largest absolute Gasteiger partial charge is 0.493 e. The fourth-order valence-electron chi connectivity index (χ4n) is 2.77. The van der Waals surface area contributed by atoms with Gasteiger partial charge in [0.05, 0.1) is 6.61 Å². The lowest BCUT2D eigenvalue weighted by molar-refractivity contribution is 0.243. The molecule has 0 amide bonds. The Balaban J connectivity index is 1.86. The summed E-state index contributed by atoms with van der Waals surface area (Å²) in [5.41, 5.74) is 1.32. The van der Waals surface area contributed by atoms with Gasteiger partial charge in [-0.2, -0.15) is 0 Å². The first-order chi connectivity index (χ1) is 9.16. The van der Waals surface area contributed by atoms with Gasteiger partial charge in [-0.1, -0.05) is 44.9 Å². The Labute approximate surface area is 117 Å². The van der Waals surface area contributed by atoms with Gasteiger partial charge in [0, 0.05) is 24.1 Å². The maximum atomic E-state index is 5.71. The summed E-state index contributed by atoms with van der Waals surface area (Å²) in [5.74, 6) is 1.87. The second-order valence-electron chi connectivity index (χ2n) is 6.12. The molecule has 0 bridgehead atoms. The van der Waals surface area contributed by atoms with E-state index in [0.717, 1.165) is 24.7 Å². The standard InChI is InChI=1S/C17H27NO/c1-13(2)7-6-8-14(3)18-16-11-12-19-17-10-5-4-9-15(16)17/h4-5,9-10,13-14,16,18H,6-8,11-12H2,1-3H3. The molecule has 2 nitrogen and oxygen atoms in total. The third-order valence-corrected chi connectivity index (χ3v) is 3.86. The van der Waals surface area contributed by atoms with Gasteiger partial charge < -0.3 is 10.1 Å². The number of ether oxygens (including phenoxy) is 1. The van der Waals surface area contributed by atoms with Crippen LogP contribution < -0.4 is 10.1 Å². The Kier molecular flexibility index (Phi) is 5.26. The summed E-state index contributed by atoms with van der Waals surface area (Å²) in [6.07, 6.45) is 4.98. The van der Waals surface area contributed by atoms with E-state index in [9.17, 15) is 0 Å². The first kappa shape index (κ1) is 14.4. The maximum Gasteiger partial charge on any atom is 0.124 e. The number of fused-ring (bicyclic) bond motifs is 1. The van der Waals surface area contributed by atoms with E-state index < -0.39 is 0 Å². The molecule has 1 aromatic carbocycles. The molecule has 1 N–H and O–H groups in total. The summed E-state index contributed by atoms with van der Waals surface area (Å²) in [6, 6.07) is 9.45. The van der Waals surface area contributed by atoms with Gasteiger partial charge in [0.25, 0.3) is 0 Å². The molecule has 1 heterocycles. The number of para-hydroxylation sites is 1. The topological polar surface area (TPSA) is 21.3 Å². The molecular weight excluding hydrogens is 234 g/mol. The van der Waals surface area contributed by atoms with Crippen molar-refractivity contribution in [2.24, 2.45) is 5.92 Å². The first-order valence-corrected chi connectivity index (χ1v) is 7.64. The van der Waals surface area contributed by atoms with Crippen molar-refractivity contribution in [1.82, 2.24) is 5.32 Å². The summed E-state index contributed by atoms with van der Waals surface area (Å²) in [5, 5.41) is 3.77. The zero-order chi connectivity index (χ0) is 13.7. The molecule has 1 aliphatic rings. The quantitative estimate of drug-likeness (QED) is 0.823. The molecule has 2 unspecified atom stereocenters. The van der Waals surface area contributed by atoms with E-state index in [0.29, 0.717) is 12.1 Å². The van der Waals surface area contributed by atoms with Crippen molar-refractivity contribution in [3.05, 3.63) is 29.8 Å². The second-order valence-corrected chi connectivity index (χ2v) is 6.12. The van der Waals surface area contributed by atoms with Crippen LogP contribution in [0.4, 0.5) is 0 Å². The molecule has 0 aliphatic carbocycles. The lowest BCUT2D eigenvalue weighted by atomic mass is 9.98. The van der Waals surface area contributed by atoms with Crippen LogP contribution in [0.25, 0.3) is 0 Å². The van der Waals surface area contributed by atoms with Crippen LogP contribution in [0.2, 0.25) is 0 Å². The van der Waals surface area contributed by atoms with Gasteiger partial charge in [-0.15, -0.1) is 0 Å². The zero-order valence-corrected chi connectivity index (χ0v) is 12.5. The predicted molar refractivity (Wildman–Crippen MR) is 80.6 cm³/mol. The summed E-state index contributed by atoms with van der Waals surface area (Å²) >= 11 is 0. The van der Waals surface area contributed by atoms with Crippen LogP contribution in [0.1, 0.15) is 58.1 Å². The van der Waals surface area contributed by atoms with Crippen LogP contribution in [0.5, 0.6) is 5.75 Å². The highest BCUT2D eigenvalue weighted by atomic mass is 16.5. The minimum atomic E-state index is 0.457. The molecule has 0 saturated heterocycles. The van der Waals surface area contributed by atoms with Crippen LogP contribution in [-0.4, -0.2) is 12.6 Å². The third kappa shape index (κ3) is 4.24. The van der Waals surface area contributed by atoms with E-state index in [1.165, 1.54) is 24.8 Å². The molecule has 2 heteroatoms. The molecule has 0 aromatic heterocycles. The highest BCUT2D eigenvalue weighted by Crippen LogP contribution is 2.32. The summed E-state index contributed by atoms with van der Waals surface area (Å²) in [6.45, 7) is 7.73. The zero-order valence-electron chi connectivity index (χ0n) is 12.5. The number of rotatable bonds is 6. The van der Waals surface area contributed by atoms with E-state index in [2.05, 4.69) is 44.3 Å². The molecule has 106 valence electrons. The van der Waals surface area contributed by atoms with Crippen molar-refractivity contribution in [2.45, 2.75) is 58.5 Å². The minimum absolute atomic E-state index is 0.457.